The standard InChI is InChI=1S/C14H16F3NO.ClH/c1-8-3-9-10(11(4-8)14(15,16)17)6-19-13(2)7-18-5-12(9)13;/h3-4,12,18H,5-7H2,1-2H3;1H/t12-,13-;/m0./s1. The number of halogens is 4. The van der Waals surface area contributed by atoms with Gasteiger partial charge in [-0.15, -0.1) is 12.4 Å². The molecule has 1 aromatic carbocycles. The van der Waals surface area contributed by atoms with Crippen LogP contribution in [-0.4, -0.2) is 18.7 Å². The van der Waals surface area contributed by atoms with Crippen molar-refractivity contribution in [3.05, 3.63) is 34.4 Å². The van der Waals surface area contributed by atoms with Crippen LogP contribution in [0.2, 0.25) is 0 Å². The van der Waals surface area contributed by atoms with Crippen LogP contribution in [0, 0.1) is 6.92 Å². The van der Waals surface area contributed by atoms with Crippen molar-refractivity contribution in [2.24, 2.45) is 0 Å². The molecule has 1 fully saturated rings. The number of hydrogen-bond donors (Lipinski definition) is 1. The van der Waals surface area contributed by atoms with Gasteiger partial charge in [0.15, 0.2) is 0 Å². The summed E-state index contributed by atoms with van der Waals surface area (Å²) in [5, 5.41) is 3.22. The maximum absolute atomic E-state index is 13.1. The summed E-state index contributed by atoms with van der Waals surface area (Å²) in [5.41, 5.74) is 0.831. The number of hydrogen-bond acceptors (Lipinski definition) is 2. The average Bonchev–Trinajstić information content (AvgIpc) is 2.69. The lowest BCUT2D eigenvalue weighted by atomic mass is 9.79. The molecule has 3 rings (SSSR count). The molecule has 1 saturated heterocycles. The number of aryl methyl sites for hydroxylation is 1. The van der Waals surface area contributed by atoms with E-state index >= 15 is 0 Å². The Bertz CT molecular complexity index is 532. The molecule has 0 saturated carbocycles. The summed E-state index contributed by atoms with van der Waals surface area (Å²) in [6.45, 7) is 5.08. The summed E-state index contributed by atoms with van der Waals surface area (Å²) < 4.78 is 45.1. The number of nitrogens with one attached hydrogen (secondary N) is 1. The average molecular weight is 308 g/mol. The smallest absolute Gasteiger partial charge is 0.369 e. The van der Waals surface area contributed by atoms with E-state index in [0.29, 0.717) is 24.2 Å². The number of fused-ring (bicyclic) bond motifs is 3. The fraction of sp³-hybridized carbons (Fsp3) is 0.571. The molecule has 2 aliphatic heterocycles. The SMILES string of the molecule is Cc1cc2c(c(C(F)(F)F)c1)CO[C@@]1(C)CNC[C@@H]21.Cl. The van der Waals surface area contributed by atoms with Gasteiger partial charge in [-0.2, -0.15) is 13.2 Å². The summed E-state index contributed by atoms with van der Waals surface area (Å²) in [4.78, 5) is 0. The van der Waals surface area contributed by atoms with E-state index in [1.165, 1.54) is 6.07 Å². The van der Waals surface area contributed by atoms with Gasteiger partial charge in [-0.05, 0) is 31.0 Å². The van der Waals surface area contributed by atoms with Crippen LogP contribution in [0.25, 0.3) is 0 Å². The third kappa shape index (κ3) is 2.32. The van der Waals surface area contributed by atoms with E-state index in [9.17, 15) is 13.2 Å². The second-order valence-electron chi connectivity index (χ2n) is 5.66. The summed E-state index contributed by atoms with van der Waals surface area (Å²) in [6.07, 6.45) is -4.32. The zero-order valence-electron chi connectivity index (χ0n) is 11.3. The number of rotatable bonds is 0. The maximum Gasteiger partial charge on any atom is 0.416 e. The monoisotopic (exact) mass is 307 g/mol. The van der Waals surface area contributed by atoms with Gasteiger partial charge in [0.25, 0.3) is 0 Å². The zero-order valence-corrected chi connectivity index (χ0v) is 12.1. The first-order valence-corrected chi connectivity index (χ1v) is 6.36. The van der Waals surface area contributed by atoms with E-state index < -0.39 is 11.7 Å². The molecule has 2 heterocycles. The Morgan fingerprint density at radius 3 is 2.70 bits per heavy atom. The van der Waals surface area contributed by atoms with Crippen LogP contribution < -0.4 is 5.32 Å². The number of benzene rings is 1. The third-order valence-electron chi connectivity index (χ3n) is 4.22. The lowest BCUT2D eigenvalue weighted by molar-refractivity contribution is -0.141. The van der Waals surface area contributed by atoms with Gasteiger partial charge in [0.05, 0.1) is 17.8 Å². The minimum atomic E-state index is -4.32. The van der Waals surface area contributed by atoms with Gasteiger partial charge in [0.2, 0.25) is 0 Å². The van der Waals surface area contributed by atoms with E-state index in [0.717, 1.165) is 5.56 Å². The van der Waals surface area contributed by atoms with Crippen molar-refractivity contribution < 1.29 is 17.9 Å². The molecular formula is C14H17ClF3NO. The first kappa shape index (κ1) is 15.6. The molecule has 2 nitrogen and oxygen atoms in total. The summed E-state index contributed by atoms with van der Waals surface area (Å²) in [7, 11) is 0. The van der Waals surface area contributed by atoms with Gasteiger partial charge < -0.3 is 10.1 Å². The topological polar surface area (TPSA) is 21.3 Å². The molecule has 2 atom stereocenters. The molecule has 6 heteroatoms. The first-order valence-electron chi connectivity index (χ1n) is 6.36. The molecule has 0 amide bonds. The molecule has 20 heavy (non-hydrogen) atoms. The molecule has 2 aliphatic rings. The highest BCUT2D eigenvalue weighted by Gasteiger charge is 2.47. The molecule has 0 unspecified atom stereocenters. The first-order chi connectivity index (χ1) is 8.81. The Morgan fingerprint density at radius 2 is 2.05 bits per heavy atom. The van der Waals surface area contributed by atoms with Crippen LogP contribution in [-0.2, 0) is 17.5 Å². The molecule has 1 N–H and O–H groups in total. The summed E-state index contributed by atoms with van der Waals surface area (Å²) in [5.74, 6) is -0.00255. The van der Waals surface area contributed by atoms with Gasteiger partial charge in [-0.1, -0.05) is 11.6 Å². The lowest BCUT2D eigenvalue weighted by Crippen LogP contribution is -2.40. The van der Waals surface area contributed by atoms with Crippen LogP contribution in [0.15, 0.2) is 12.1 Å². The van der Waals surface area contributed by atoms with Gasteiger partial charge in [-0.25, -0.2) is 0 Å². The highest BCUT2D eigenvalue weighted by atomic mass is 35.5. The lowest BCUT2D eigenvalue weighted by Gasteiger charge is -2.38. The van der Waals surface area contributed by atoms with Crippen molar-refractivity contribution in [1.29, 1.82) is 0 Å². The minimum absolute atomic E-state index is 0. The predicted molar refractivity (Wildman–Crippen MR) is 72.2 cm³/mol. The fourth-order valence-electron chi connectivity index (χ4n) is 3.20. The molecule has 0 bridgehead atoms. The summed E-state index contributed by atoms with van der Waals surface area (Å²) >= 11 is 0. The zero-order chi connectivity index (χ0) is 13.8. The molecule has 0 spiro atoms. The summed E-state index contributed by atoms with van der Waals surface area (Å²) in [6, 6.07) is 3.09. The fourth-order valence-corrected chi connectivity index (χ4v) is 3.20. The minimum Gasteiger partial charge on any atom is -0.369 e. The molecule has 0 aliphatic carbocycles. The van der Waals surface area contributed by atoms with Crippen molar-refractivity contribution in [3.8, 4) is 0 Å². The third-order valence-corrected chi connectivity index (χ3v) is 4.22. The second-order valence-corrected chi connectivity index (χ2v) is 5.66. The molecule has 0 radical (unpaired) electrons. The predicted octanol–water partition coefficient (Wildman–Crippen LogP) is 3.41. The van der Waals surface area contributed by atoms with Gasteiger partial charge >= 0.3 is 6.18 Å². The van der Waals surface area contributed by atoms with Crippen LogP contribution in [0.5, 0.6) is 0 Å². The van der Waals surface area contributed by atoms with E-state index in [2.05, 4.69) is 5.32 Å². The van der Waals surface area contributed by atoms with Crippen molar-refractivity contribution in [1.82, 2.24) is 5.32 Å². The number of ether oxygens (including phenoxy) is 1. The van der Waals surface area contributed by atoms with E-state index in [-0.39, 0.29) is 30.5 Å². The molecule has 0 aromatic heterocycles. The van der Waals surface area contributed by atoms with E-state index in [1.54, 1.807) is 6.92 Å². The Labute approximate surface area is 122 Å². The Morgan fingerprint density at radius 1 is 1.35 bits per heavy atom. The highest BCUT2D eigenvalue weighted by Crippen LogP contribution is 2.45. The van der Waals surface area contributed by atoms with Crippen molar-refractivity contribution >= 4 is 12.4 Å². The van der Waals surface area contributed by atoms with E-state index in [4.69, 9.17) is 4.74 Å². The van der Waals surface area contributed by atoms with Crippen molar-refractivity contribution in [2.75, 3.05) is 13.1 Å². The van der Waals surface area contributed by atoms with Crippen molar-refractivity contribution in [3.63, 3.8) is 0 Å². The van der Waals surface area contributed by atoms with Crippen LogP contribution >= 0.6 is 12.4 Å². The molecule has 112 valence electrons. The van der Waals surface area contributed by atoms with E-state index in [1.807, 2.05) is 13.0 Å². The maximum atomic E-state index is 13.1. The Hall–Kier alpha value is -0.780. The quantitative estimate of drug-likeness (QED) is 0.793. The van der Waals surface area contributed by atoms with Crippen LogP contribution in [0.3, 0.4) is 0 Å². The van der Waals surface area contributed by atoms with Crippen LogP contribution in [0.1, 0.15) is 35.1 Å². The molecule has 1 aromatic rings. The van der Waals surface area contributed by atoms with Gasteiger partial charge in [0.1, 0.15) is 0 Å². The van der Waals surface area contributed by atoms with Gasteiger partial charge in [-0.3, -0.25) is 0 Å². The molecular weight excluding hydrogens is 291 g/mol. The van der Waals surface area contributed by atoms with Gasteiger partial charge in [0, 0.05) is 19.0 Å². The second kappa shape index (κ2) is 4.90. The Balaban J connectivity index is 0.00000147. The van der Waals surface area contributed by atoms with Crippen molar-refractivity contribution in [2.45, 2.75) is 38.1 Å². The highest BCUT2D eigenvalue weighted by molar-refractivity contribution is 5.85. The Kier molecular flexibility index (Phi) is 3.82. The normalized spacial score (nSPS) is 28.6. The number of alkyl halides is 3. The van der Waals surface area contributed by atoms with Crippen LogP contribution in [0.4, 0.5) is 13.2 Å². The largest absolute Gasteiger partial charge is 0.416 e.